The molecule has 1 aliphatic rings. The molecule has 5 nitrogen and oxygen atoms in total. The molecule has 0 aromatic heterocycles. The number of amides is 1. The van der Waals surface area contributed by atoms with E-state index in [9.17, 15) is 15.0 Å². The molecule has 2 rings (SSSR count). The first-order valence-corrected chi connectivity index (χ1v) is 6.43. The van der Waals surface area contributed by atoms with Crippen LogP contribution in [0.2, 0.25) is 0 Å². The number of aliphatic hydroxyl groups excluding tert-OH is 1. The molecule has 1 fully saturated rings. The number of benzene rings is 1. The zero-order chi connectivity index (χ0) is 13.8. The molecule has 0 heterocycles. The average Bonchev–Trinajstić information content (AvgIpc) is 2.81. The number of carbonyl (C=O) groups excluding carboxylic acids is 1. The number of hydrogen-bond donors (Lipinski definition) is 3. The van der Waals surface area contributed by atoms with Gasteiger partial charge in [-0.2, -0.15) is 0 Å². The van der Waals surface area contributed by atoms with E-state index in [1.54, 1.807) is 6.07 Å². The number of carbonyl (C=O) groups is 1. The summed E-state index contributed by atoms with van der Waals surface area (Å²) in [5.41, 5.74) is 0.236. The maximum atomic E-state index is 11.9. The lowest BCUT2D eigenvalue weighted by atomic mass is 10.1. The Morgan fingerprint density at radius 1 is 1.47 bits per heavy atom. The maximum Gasteiger partial charge on any atom is 0.255 e. The highest BCUT2D eigenvalue weighted by Gasteiger charge is 2.23. The second-order valence-electron chi connectivity index (χ2n) is 4.93. The lowest BCUT2D eigenvalue weighted by Gasteiger charge is -2.12. The van der Waals surface area contributed by atoms with E-state index in [0.717, 1.165) is 19.3 Å². The number of hydrogen-bond acceptors (Lipinski definition) is 4. The molecule has 5 heteroatoms. The Morgan fingerprint density at radius 2 is 2.26 bits per heavy atom. The zero-order valence-electron chi connectivity index (χ0n) is 10.9. The quantitative estimate of drug-likeness (QED) is 0.766. The lowest BCUT2D eigenvalue weighted by Crippen LogP contribution is -2.28. The van der Waals surface area contributed by atoms with Crippen LogP contribution in [-0.2, 0) is 0 Å². The molecule has 3 N–H and O–H groups in total. The number of methoxy groups -OCH3 is 1. The fraction of sp³-hybridized carbons (Fsp3) is 0.500. The van der Waals surface area contributed by atoms with Gasteiger partial charge in [0.1, 0.15) is 11.5 Å². The number of nitrogens with one attached hydrogen (secondary N) is 1. The third-order valence-electron chi connectivity index (χ3n) is 3.51. The normalized spacial score (nSPS) is 22.2. The Kier molecular flexibility index (Phi) is 4.27. The molecule has 104 valence electrons. The Bertz CT molecular complexity index is 461. The number of aliphatic hydroxyl groups is 1. The van der Waals surface area contributed by atoms with Crippen LogP contribution in [0.1, 0.15) is 29.6 Å². The number of rotatable bonds is 4. The van der Waals surface area contributed by atoms with Gasteiger partial charge >= 0.3 is 0 Å². The van der Waals surface area contributed by atoms with Crippen LogP contribution in [0.3, 0.4) is 0 Å². The van der Waals surface area contributed by atoms with E-state index in [2.05, 4.69) is 5.32 Å². The van der Waals surface area contributed by atoms with Crippen LogP contribution >= 0.6 is 0 Å². The molecule has 1 amide bonds. The third kappa shape index (κ3) is 3.38. The molecule has 1 aliphatic carbocycles. The number of aromatic hydroxyl groups is 1. The molecule has 2 atom stereocenters. The van der Waals surface area contributed by atoms with Gasteiger partial charge in [-0.25, -0.2) is 0 Å². The molecule has 2 unspecified atom stereocenters. The zero-order valence-corrected chi connectivity index (χ0v) is 10.9. The summed E-state index contributed by atoms with van der Waals surface area (Å²) in [6.07, 6.45) is 2.22. The third-order valence-corrected chi connectivity index (χ3v) is 3.51. The van der Waals surface area contributed by atoms with Gasteiger partial charge < -0.3 is 20.3 Å². The summed E-state index contributed by atoms with van der Waals surface area (Å²) in [7, 11) is 1.50. The fourth-order valence-corrected chi connectivity index (χ4v) is 2.40. The van der Waals surface area contributed by atoms with Crippen LogP contribution in [0.25, 0.3) is 0 Å². The van der Waals surface area contributed by atoms with Crippen LogP contribution in [-0.4, -0.2) is 35.9 Å². The average molecular weight is 265 g/mol. The summed E-state index contributed by atoms with van der Waals surface area (Å²) >= 11 is 0. The van der Waals surface area contributed by atoms with Crippen molar-refractivity contribution in [3.05, 3.63) is 23.8 Å². The molecule has 0 bridgehead atoms. The maximum absolute atomic E-state index is 11.9. The second-order valence-corrected chi connectivity index (χ2v) is 4.93. The largest absolute Gasteiger partial charge is 0.507 e. The summed E-state index contributed by atoms with van der Waals surface area (Å²) in [6.45, 7) is 0.529. The summed E-state index contributed by atoms with van der Waals surface area (Å²) in [5, 5.41) is 22.0. The first-order valence-electron chi connectivity index (χ1n) is 6.43. The Labute approximate surface area is 112 Å². The fourth-order valence-electron chi connectivity index (χ4n) is 2.40. The van der Waals surface area contributed by atoms with Gasteiger partial charge in [0, 0.05) is 12.6 Å². The van der Waals surface area contributed by atoms with Gasteiger partial charge in [0.25, 0.3) is 5.91 Å². The molecule has 19 heavy (non-hydrogen) atoms. The van der Waals surface area contributed by atoms with E-state index in [1.807, 2.05) is 0 Å². The summed E-state index contributed by atoms with van der Waals surface area (Å²) < 4.78 is 4.96. The van der Waals surface area contributed by atoms with Gasteiger partial charge in [-0.05, 0) is 37.3 Å². The molecule has 0 saturated heterocycles. The summed E-state index contributed by atoms with van der Waals surface area (Å²) in [4.78, 5) is 11.9. The van der Waals surface area contributed by atoms with Crippen LogP contribution < -0.4 is 10.1 Å². The van der Waals surface area contributed by atoms with Crippen LogP contribution in [0, 0.1) is 5.92 Å². The molecular formula is C14H19NO4. The standard InChI is InChI=1S/C14H19NO4/c1-19-11-4-5-12(13(17)7-11)14(18)15-8-9-2-3-10(16)6-9/h4-5,7,9-10,16-17H,2-3,6,8H2,1H3,(H,15,18). The van der Waals surface area contributed by atoms with Gasteiger partial charge in [0.05, 0.1) is 18.8 Å². The van der Waals surface area contributed by atoms with Crippen LogP contribution in [0.15, 0.2) is 18.2 Å². The summed E-state index contributed by atoms with van der Waals surface area (Å²) in [5.74, 6) is 0.428. The molecule has 1 aromatic carbocycles. The van der Waals surface area contributed by atoms with Crippen LogP contribution in [0.5, 0.6) is 11.5 Å². The predicted molar refractivity (Wildman–Crippen MR) is 70.3 cm³/mol. The van der Waals surface area contributed by atoms with Gasteiger partial charge in [0.2, 0.25) is 0 Å². The highest BCUT2D eigenvalue weighted by molar-refractivity contribution is 5.97. The Hall–Kier alpha value is -1.75. The monoisotopic (exact) mass is 265 g/mol. The van der Waals surface area contributed by atoms with Crippen molar-refractivity contribution in [2.45, 2.75) is 25.4 Å². The molecule has 0 radical (unpaired) electrons. The van der Waals surface area contributed by atoms with E-state index < -0.39 is 0 Å². The van der Waals surface area contributed by atoms with E-state index in [1.165, 1.54) is 19.2 Å². The topological polar surface area (TPSA) is 78.8 Å². The first-order chi connectivity index (χ1) is 9.10. The molecule has 1 saturated carbocycles. The van der Waals surface area contributed by atoms with E-state index in [4.69, 9.17) is 4.74 Å². The molecule has 0 spiro atoms. The minimum absolute atomic E-state index is 0.0942. The first kappa shape index (κ1) is 13.7. The minimum Gasteiger partial charge on any atom is -0.507 e. The predicted octanol–water partition coefficient (Wildman–Crippen LogP) is 1.29. The van der Waals surface area contributed by atoms with Crippen molar-refractivity contribution in [2.75, 3.05) is 13.7 Å². The van der Waals surface area contributed by atoms with Crippen molar-refractivity contribution in [3.8, 4) is 11.5 Å². The van der Waals surface area contributed by atoms with E-state index in [0.29, 0.717) is 18.2 Å². The molecule has 0 aliphatic heterocycles. The van der Waals surface area contributed by atoms with Gasteiger partial charge in [-0.15, -0.1) is 0 Å². The smallest absolute Gasteiger partial charge is 0.255 e. The highest BCUT2D eigenvalue weighted by atomic mass is 16.5. The summed E-state index contributed by atoms with van der Waals surface area (Å²) in [6, 6.07) is 4.58. The SMILES string of the molecule is COc1ccc(C(=O)NCC2CCC(O)C2)c(O)c1. The van der Waals surface area contributed by atoms with Crippen molar-refractivity contribution in [1.29, 1.82) is 0 Å². The number of phenols is 1. The van der Waals surface area contributed by atoms with Gasteiger partial charge in [-0.1, -0.05) is 0 Å². The Balaban J connectivity index is 1.92. The van der Waals surface area contributed by atoms with Crippen molar-refractivity contribution in [3.63, 3.8) is 0 Å². The van der Waals surface area contributed by atoms with E-state index in [-0.39, 0.29) is 23.3 Å². The number of phenolic OH excluding ortho intramolecular Hbond substituents is 1. The molecule has 1 aromatic rings. The van der Waals surface area contributed by atoms with Crippen molar-refractivity contribution in [2.24, 2.45) is 5.92 Å². The Morgan fingerprint density at radius 3 is 2.84 bits per heavy atom. The highest BCUT2D eigenvalue weighted by Crippen LogP contribution is 2.26. The van der Waals surface area contributed by atoms with Gasteiger partial charge in [0.15, 0.2) is 0 Å². The van der Waals surface area contributed by atoms with Crippen molar-refractivity contribution in [1.82, 2.24) is 5.32 Å². The van der Waals surface area contributed by atoms with E-state index >= 15 is 0 Å². The number of ether oxygens (including phenoxy) is 1. The van der Waals surface area contributed by atoms with Crippen molar-refractivity contribution < 1.29 is 19.7 Å². The minimum atomic E-state index is -0.304. The lowest BCUT2D eigenvalue weighted by molar-refractivity contribution is 0.0942. The molecular weight excluding hydrogens is 246 g/mol. The van der Waals surface area contributed by atoms with Crippen LogP contribution in [0.4, 0.5) is 0 Å². The second kappa shape index (κ2) is 5.93. The van der Waals surface area contributed by atoms with Crippen molar-refractivity contribution >= 4 is 5.91 Å². The van der Waals surface area contributed by atoms with Gasteiger partial charge in [-0.3, -0.25) is 4.79 Å².